The van der Waals surface area contributed by atoms with E-state index in [1.807, 2.05) is 36.9 Å². The molecule has 7 heteroatoms. The summed E-state index contributed by atoms with van der Waals surface area (Å²) >= 11 is 0. The molecule has 146 valence electrons. The lowest BCUT2D eigenvalue weighted by Gasteiger charge is -2.34. The SMILES string of the molecule is CC(C)c1noc2nc(C3CC3)cc(C(=O)N3CCOCC3c3ccco3)c12. The molecule has 1 saturated carbocycles. The molecule has 0 bridgehead atoms. The second-order valence-electron chi connectivity index (χ2n) is 7.88. The number of hydrogen-bond donors (Lipinski definition) is 0. The van der Waals surface area contributed by atoms with Crippen LogP contribution in [0.2, 0.25) is 0 Å². The average Bonchev–Trinajstić information content (AvgIpc) is 3.24. The van der Waals surface area contributed by atoms with Gasteiger partial charge in [0.25, 0.3) is 11.6 Å². The first-order valence-corrected chi connectivity index (χ1v) is 9.86. The lowest BCUT2D eigenvalue weighted by atomic mass is 10.00. The van der Waals surface area contributed by atoms with Gasteiger partial charge in [0.15, 0.2) is 0 Å². The van der Waals surface area contributed by atoms with Gasteiger partial charge in [0.1, 0.15) is 11.8 Å². The molecule has 4 heterocycles. The summed E-state index contributed by atoms with van der Waals surface area (Å²) in [6, 6.07) is 5.42. The summed E-state index contributed by atoms with van der Waals surface area (Å²) in [4.78, 5) is 20.2. The van der Waals surface area contributed by atoms with Crippen molar-refractivity contribution in [3.63, 3.8) is 0 Å². The standard InChI is InChI=1S/C21H23N3O4/c1-12(2)19-18-14(10-15(13-5-6-13)22-20(18)28-23-19)21(25)24-7-9-26-11-16(24)17-4-3-8-27-17/h3-4,8,10,12-13,16H,5-7,9,11H2,1-2H3. The van der Waals surface area contributed by atoms with Crippen molar-refractivity contribution in [2.75, 3.05) is 19.8 Å². The number of hydrogen-bond acceptors (Lipinski definition) is 6. The van der Waals surface area contributed by atoms with Crippen LogP contribution in [0.5, 0.6) is 0 Å². The van der Waals surface area contributed by atoms with E-state index in [1.54, 1.807) is 6.26 Å². The molecule has 7 nitrogen and oxygen atoms in total. The van der Waals surface area contributed by atoms with Crippen molar-refractivity contribution >= 4 is 17.0 Å². The third-order valence-electron chi connectivity index (χ3n) is 5.53. The van der Waals surface area contributed by atoms with Crippen molar-refractivity contribution in [3.05, 3.63) is 47.2 Å². The van der Waals surface area contributed by atoms with Crippen molar-refractivity contribution in [3.8, 4) is 0 Å². The zero-order valence-corrected chi connectivity index (χ0v) is 16.1. The number of pyridine rings is 1. The Labute approximate surface area is 162 Å². The van der Waals surface area contributed by atoms with Gasteiger partial charge in [-0.25, -0.2) is 4.98 Å². The molecule has 5 rings (SSSR count). The number of ether oxygens (including phenoxy) is 1. The lowest BCUT2D eigenvalue weighted by Crippen LogP contribution is -2.43. The number of nitrogens with zero attached hydrogens (tertiary/aromatic N) is 3. The number of rotatable bonds is 4. The summed E-state index contributed by atoms with van der Waals surface area (Å²) in [6.45, 7) is 5.52. The second kappa shape index (κ2) is 6.74. The first kappa shape index (κ1) is 17.4. The van der Waals surface area contributed by atoms with Gasteiger partial charge in [-0.2, -0.15) is 0 Å². The number of carbonyl (C=O) groups excluding carboxylic acids is 1. The highest BCUT2D eigenvalue weighted by molar-refractivity contribution is 6.06. The van der Waals surface area contributed by atoms with Gasteiger partial charge in [-0.15, -0.1) is 0 Å². The van der Waals surface area contributed by atoms with E-state index in [0.29, 0.717) is 37.0 Å². The van der Waals surface area contributed by atoms with Crippen molar-refractivity contribution in [1.29, 1.82) is 0 Å². The molecule has 3 aromatic heterocycles. The molecule has 1 aliphatic carbocycles. The Morgan fingerprint density at radius 3 is 2.89 bits per heavy atom. The highest BCUT2D eigenvalue weighted by Crippen LogP contribution is 2.41. The maximum Gasteiger partial charge on any atom is 0.259 e. The summed E-state index contributed by atoms with van der Waals surface area (Å²) in [6.07, 6.45) is 3.83. The quantitative estimate of drug-likeness (QED) is 0.679. The van der Waals surface area contributed by atoms with Gasteiger partial charge >= 0.3 is 0 Å². The zero-order valence-electron chi connectivity index (χ0n) is 16.1. The number of aromatic nitrogens is 2. The van der Waals surface area contributed by atoms with Crippen LogP contribution in [0, 0.1) is 0 Å². The van der Waals surface area contributed by atoms with E-state index in [2.05, 4.69) is 10.1 Å². The van der Waals surface area contributed by atoms with Crippen LogP contribution >= 0.6 is 0 Å². The van der Waals surface area contributed by atoms with Gasteiger partial charge in [0.05, 0.1) is 36.1 Å². The Morgan fingerprint density at radius 1 is 1.32 bits per heavy atom. The summed E-state index contributed by atoms with van der Waals surface area (Å²) < 4.78 is 16.7. The van der Waals surface area contributed by atoms with Crippen LogP contribution in [0.15, 0.2) is 33.4 Å². The Morgan fingerprint density at radius 2 is 2.18 bits per heavy atom. The minimum absolute atomic E-state index is 0.0518. The maximum absolute atomic E-state index is 13.7. The summed E-state index contributed by atoms with van der Waals surface area (Å²) in [5.74, 6) is 1.22. The zero-order chi connectivity index (χ0) is 19.3. The van der Waals surface area contributed by atoms with Crippen LogP contribution in [0.1, 0.15) is 72.1 Å². The highest BCUT2D eigenvalue weighted by atomic mass is 16.5. The minimum atomic E-state index is -0.244. The Kier molecular flexibility index (Phi) is 4.19. The van der Waals surface area contributed by atoms with Crippen LogP contribution < -0.4 is 0 Å². The van der Waals surface area contributed by atoms with Gasteiger partial charge in [-0.1, -0.05) is 19.0 Å². The van der Waals surface area contributed by atoms with E-state index in [-0.39, 0.29) is 17.9 Å². The monoisotopic (exact) mass is 381 g/mol. The van der Waals surface area contributed by atoms with Crippen LogP contribution in [0.4, 0.5) is 0 Å². The predicted octanol–water partition coefficient (Wildman–Crippen LogP) is 4.03. The molecule has 1 atom stereocenters. The number of amides is 1. The number of carbonyl (C=O) groups is 1. The van der Waals surface area contributed by atoms with Gasteiger partial charge in [0, 0.05) is 18.2 Å². The third-order valence-corrected chi connectivity index (χ3v) is 5.53. The summed E-state index contributed by atoms with van der Waals surface area (Å²) in [7, 11) is 0. The van der Waals surface area contributed by atoms with Crippen molar-refractivity contribution < 1.29 is 18.5 Å². The van der Waals surface area contributed by atoms with Crippen LogP contribution in [-0.4, -0.2) is 40.7 Å². The number of furan rings is 1. The normalized spacial score (nSPS) is 20.2. The molecule has 28 heavy (non-hydrogen) atoms. The Balaban J connectivity index is 1.62. The van der Waals surface area contributed by atoms with E-state index < -0.39 is 0 Å². The smallest absolute Gasteiger partial charge is 0.259 e. The van der Waals surface area contributed by atoms with E-state index in [4.69, 9.17) is 13.7 Å². The van der Waals surface area contributed by atoms with Crippen LogP contribution in [-0.2, 0) is 4.74 Å². The molecule has 0 radical (unpaired) electrons. The first-order valence-electron chi connectivity index (χ1n) is 9.86. The topological polar surface area (TPSA) is 81.6 Å². The molecular formula is C21H23N3O4. The third kappa shape index (κ3) is 2.90. The maximum atomic E-state index is 13.7. The molecule has 2 aliphatic rings. The van der Waals surface area contributed by atoms with Gasteiger partial charge in [-0.3, -0.25) is 4.79 Å². The molecule has 3 aromatic rings. The molecule has 1 aliphatic heterocycles. The molecule has 1 amide bonds. The minimum Gasteiger partial charge on any atom is -0.467 e. The van der Waals surface area contributed by atoms with E-state index in [0.717, 1.165) is 35.4 Å². The molecule has 2 fully saturated rings. The van der Waals surface area contributed by atoms with E-state index >= 15 is 0 Å². The molecule has 0 spiro atoms. The summed E-state index contributed by atoms with van der Waals surface area (Å²) in [5, 5.41) is 4.95. The molecule has 0 N–H and O–H groups in total. The van der Waals surface area contributed by atoms with Gasteiger partial charge < -0.3 is 18.6 Å². The van der Waals surface area contributed by atoms with Crippen molar-refractivity contribution in [2.45, 2.75) is 44.6 Å². The lowest BCUT2D eigenvalue weighted by molar-refractivity contribution is -0.00866. The van der Waals surface area contributed by atoms with E-state index in [9.17, 15) is 4.79 Å². The molecule has 1 unspecified atom stereocenters. The average molecular weight is 381 g/mol. The molecule has 1 saturated heterocycles. The fourth-order valence-corrected chi connectivity index (χ4v) is 3.86. The van der Waals surface area contributed by atoms with E-state index in [1.165, 1.54) is 0 Å². The highest BCUT2D eigenvalue weighted by Gasteiger charge is 2.35. The largest absolute Gasteiger partial charge is 0.467 e. The Bertz CT molecular complexity index is 1000. The fraction of sp³-hybridized carbons (Fsp3) is 0.476. The van der Waals surface area contributed by atoms with Crippen molar-refractivity contribution in [2.24, 2.45) is 0 Å². The van der Waals surface area contributed by atoms with Crippen LogP contribution in [0.25, 0.3) is 11.1 Å². The predicted molar refractivity (Wildman–Crippen MR) is 101 cm³/mol. The second-order valence-corrected chi connectivity index (χ2v) is 7.88. The molecule has 0 aromatic carbocycles. The fourth-order valence-electron chi connectivity index (χ4n) is 3.86. The van der Waals surface area contributed by atoms with Gasteiger partial charge in [-0.05, 0) is 37.0 Å². The van der Waals surface area contributed by atoms with Crippen molar-refractivity contribution in [1.82, 2.24) is 15.0 Å². The summed E-state index contributed by atoms with van der Waals surface area (Å²) in [5.41, 5.74) is 2.77. The van der Waals surface area contributed by atoms with Gasteiger partial charge in [0.2, 0.25) is 0 Å². The molecular weight excluding hydrogens is 358 g/mol. The van der Waals surface area contributed by atoms with Crippen LogP contribution in [0.3, 0.4) is 0 Å². The number of fused-ring (bicyclic) bond motifs is 1. The number of morpholine rings is 1. The Hall–Kier alpha value is -2.67. The first-order chi connectivity index (χ1) is 13.6.